The van der Waals surface area contributed by atoms with Gasteiger partial charge in [0.05, 0.1) is 68.8 Å². The number of nitrogens with one attached hydrogen (secondary N) is 1. The predicted octanol–water partition coefficient (Wildman–Crippen LogP) is 4.60. The van der Waals surface area contributed by atoms with E-state index < -0.39 is 29.7 Å². The molecule has 5 aromatic rings. The van der Waals surface area contributed by atoms with Gasteiger partial charge in [0.25, 0.3) is 11.8 Å². The number of nitrogen functional groups attached to an aromatic ring is 1. The Kier molecular flexibility index (Phi) is 15.4. The van der Waals surface area contributed by atoms with Gasteiger partial charge in [-0.25, -0.2) is 14.6 Å². The molecule has 0 bridgehead atoms. The van der Waals surface area contributed by atoms with Gasteiger partial charge in [0.15, 0.2) is 5.65 Å². The number of ether oxygens (including phenoxy) is 6. The van der Waals surface area contributed by atoms with Gasteiger partial charge >= 0.3 is 0 Å². The zero-order valence-corrected chi connectivity index (χ0v) is 37.3. The molecule has 67 heavy (non-hydrogen) atoms. The summed E-state index contributed by atoms with van der Waals surface area (Å²) in [5, 5.41) is 7.89. The van der Waals surface area contributed by atoms with E-state index >= 15 is 0 Å². The van der Waals surface area contributed by atoms with Crippen LogP contribution in [0.25, 0.3) is 22.3 Å². The van der Waals surface area contributed by atoms with Crippen LogP contribution in [0.2, 0.25) is 0 Å². The van der Waals surface area contributed by atoms with Crippen molar-refractivity contribution in [2.24, 2.45) is 5.92 Å². The normalized spacial score (nSPS) is 17.7. The van der Waals surface area contributed by atoms with E-state index in [4.69, 9.17) is 39.3 Å². The van der Waals surface area contributed by atoms with Crippen LogP contribution in [-0.2, 0) is 33.3 Å². The molecule has 3 atom stereocenters. The molecule has 19 heteroatoms. The average Bonchev–Trinajstić information content (AvgIpc) is 3.86. The first-order valence-corrected chi connectivity index (χ1v) is 22.6. The van der Waals surface area contributed by atoms with Gasteiger partial charge in [0.1, 0.15) is 47.7 Å². The summed E-state index contributed by atoms with van der Waals surface area (Å²) in [7, 11) is 0. The van der Waals surface area contributed by atoms with Crippen LogP contribution >= 0.6 is 0 Å². The summed E-state index contributed by atoms with van der Waals surface area (Å²) in [6, 6.07) is 20.8. The molecule has 2 fully saturated rings. The number of carbonyl (C=O) groups is 5. The minimum atomic E-state index is -1.05. The number of nitrogens with two attached hydrogens (primary N) is 1. The first kappa shape index (κ1) is 46.7. The van der Waals surface area contributed by atoms with E-state index in [0.717, 1.165) is 29.1 Å². The quantitative estimate of drug-likeness (QED) is 0.0714. The van der Waals surface area contributed by atoms with Crippen molar-refractivity contribution < 1.29 is 52.4 Å². The molecule has 5 heterocycles. The highest BCUT2D eigenvalue weighted by Gasteiger charge is 2.46. The largest absolute Gasteiger partial charge is 0.490 e. The number of para-hydroxylation sites is 1. The Morgan fingerprint density at radius 3 is 2.19 bits per heavy atom. The van der Waals surface area contributed by atoms with Crippen molar-refractivity contribution in [3.63, 3.8) is 0 Å². The van der Waals surface area contributed by atoms with Crippen LogP contribution < -0.4 is 20.5 Å². The number of nitrogens with zero attached hydrogens (tertiary/aromatic N) is 6. The van der Waals surface area contributed by atoms with Crippen molar-refractivity contribution in [2.45, 2.75) is 51.1 Å². The minimum absolute atomic E-state index is 0.0405. The lowest BCUT2D eigenvalue weighted by Crippen LogP contribution is -2.54. The molecular weight excluding hydrogens is 865 g/mol. The molecule has 0 radical (unpaired) electrons. The van der Waals surface area contributed by atoms with Crippen LogP contribution in [0.15, 0.2) is 79.1 Å². The minimum Gasteiger partial charge on any atom is -0.490 e. The first-order valence-electron chi connectivity index (χ1n) is 22.6. The van der Waals surface area contributed by atoms with Crippen LogP contribution in [0, 0.1) is 5.92 Å². The zero-order valence-electron chi connectivity index (χ0n) is 37.3. The maximum atomic E-state index is 13.6. The highest BCUT2D eigenvalue weighted by atomic mass is 16.6. The molecule has 3 aliphatic heterocycles. The van der Waals surface area contributed by atoms with Gasteiger partial charge in [0, 0.05) is 37.6 Å². The molecule has 2 saturated heterocycles. The molecule has 352 valence electrons. The number of fused-ring (bicyclic) bond motifs is 2. The number of anilines is 1. The third kappa shape index (κ3) is 11.1. The maximum Gasteiger partial charge on any atom is 0.266 e. The molecule has 0 aliphatic carbocycles. The maximum absolute atomic E-state index is 13.6. The highest BCUT2D eigenvalue weighted by molar-refractivity contribution is 6.24. The van der Waals surface area contributed by atoms with Crippen LogP contribution in [0.3, 0.4) is 0 Å². The number of hydrogen-bond acceptors (Lipinski definition) is 15. The molecule has 3 N–H and O–H groups in total. The molecule has 3 aromatic carbocycles. The van der Waals surface area contributed by atoms with Crippen LogP contribution in [-0.4, -0.2) is 138 Å². The summed E-state index contributed by atoms with van der Waals surface area (Å²) in [6.07, 6.45) is 3.80. The van der Waals surface area contributed by atoms with Crippen LogP contribution in [0.5, 0.6) is 17.2 Å². The third-order valence-corrected chi connectivity index (χ3v) is 11.8. The van der Waals surface area contributed by atoms with Crippen molar-refractivity contribution in [1.29, 1.82) is 0 Å². The second-order valence-corrected chi connectivity index (χ2v) is 16.4. The molecule has 3 aliphatic rings. The number of likely N-dealkylation sites (tertiary alicyclic amines) is 1. The van der Waals surface area contributed by atoms with Crippen molar-refractivity contribution in [2.75, 3.05) is 78.3 Å². The number of piperidine rings is 2. The molecule has 5 amide bonds. The second kappa shape index (κ2) is 22.1. The first-order chi connectivity index (χ1) is 32.7. The van der Waals surface area contributed by atoms with Crippen LogP contribution in [0.1, 0.15) is 65.8 Å². The number of rotatable bonds is 22. The Balaban J connectivity index is 0.686. The standard InChI is InChI=1S/C48H54N8O11/c1-31(46(59)54-19-6-7-33(29-54)56-44-41(43(49)50-30-51-44)42(53-56)32-12-14-35(15-13-32)67-34-8-3-2-4-9-34)18-20-62-21-22-63-23-24-64-25-26-65-27-28-66-38-11-5-10-36-40(38)48(61)55(47(36)60)37-16-17-39(57)52-45(37)58/h2-5,8-15,30-31,33,37H,6-7,16-29H2,1H3,(H2,49,50,51)(H,52,57,58). The van der Waals surface area contributed by atoms with Crippen molar-refractivity contribution in [1.82, 2.24) is 34.9 Å². The van der Waals surface area contributed by atoms with E-state index in [1.807, 2.05) is 71.1 Å². The predicted molar refractivity (Wildman–Crippen MR) is 242 cm³/mol. The van der Waals surface area contributed by atoms with E-state index in [2.05, 4.69) is 15.3 Å². The summed E-state index contributed by atoms with van der Waals surface area (Å²) in [5.41, 5.74) is 8.80. The Bertz CT molecular complexity index is 2550. The fourth-order valence-electron chi connectivity index (χ4n) is 8.38. The average molecular weight is 919 g/mol. The second-order valence-electron chi connectivity index (χ2n) is 16.4. The number of amides is 5. The molecule has 19 nitrogen and oxygen atoms in total. The Morgan fingerprint density at radius 2 is 1.48 bits per heavy atom. The van der Waals surface area contributed by atoms with Crippen molar-refractivity contribution >= 4 is 46.4 Å². The SMILES string of the molecule is CC(CCOCCOCCOCCOCCOc1cccc2c1C(=O)N(C1CCC(=O)NC1=O)C2=O)C(=O)N1CCCC(n2nc(-c3ccc(Oc4ccccc4)cc3)c3c(N)ncnc32)C1. The number of hydrogen-bond donors (Lipinski definition) is 2. The van der Waals surface area contributed by atoms with Gasteiger partial charge in [-0.2, -0.15) is 5.10 Å². The summed E-state index contributed by atoms with van der Waals surface area (Å²) in [6.45, 7) is 6.01. The lowest BCUT2D eigenvalue weighted by molar-refractivity contribution is -0.138. The topological polar surface area (TPSA) is 229 Å². The van der Waals surface area contributed by atoms with Gasteiger partial charge in [0.2, 0.25) is 17.7 Å². The van der Waals surface area contributed by atoms with Gasteiger partial charge in [-0.15, -0.1) is 0 Å². The van der Waals surface area contributed by atoms with E-state index in [1.165, 1.54) is 12.4 Å². The van der Waals surface area contributed by atoms with Crippen LogP contribution in [0.4, 0.5) is 5.82 Å². The number of imide groups is 2. The third-order valence-electron chi connectivity index (χ3n) is 11.8. The monoisotopic (exact) mass is 918 g/mol. The molecule has 3 unspecified atom stereocenters. The lowest BCUT2D eigenvalue weighted by atomic mass is 10.0. The van der Waals surface area contributed by atoms with Gasteiger partial charge in [-0.05, 0) is 74.2 Å². The Morgan fingerprint density at radius 1 is 0.791 bits per heavy atom. The number of aromatic nitrogens is 4. The summed E-state index contributed by atoms with van der Waals surface area (Å²) >= 11 is 0. The fourth-order valence-corrected chi connectivity index (χ4v) is 8.38. The van der Waals surface area contributed by atoms with Crippen molar-refractivity contribution in [3.05, 3.63) is 90.3 Å². The number of carbonyl (C=O) groups excluding carboxylic acids is 5. The van der Waals surface area contributed by atoms with E-state index in [-0.39, 0.29) is 60.8 Å². The van der Waals surface area contributed by atoms with E-state index in [0.29, 0.717) is 94.1 Å². The Labute approximate surface area is 386 Å². The molecular formula is C48H54N8O11. The van der Waals surface area contributed by atoms with Gasteiger partial charge < -0.3 is 39.1 Å². The smallest absolute Gasteiger partial charge is 0.266 e. The highest BCUT2D eigenvalue weighted by Crippen LogP contribution is 2.36. The molecule has 0 spiro atoms. The molecule has 8 rings (SSSR count). The van der Waals surface area contributed by atoms with E-state index in [1.54, 1.807) is 12.1 Å². The van der Waals surface area contributed by atoms with Gasteiger partial charge in [-0.1, -0.05) is 31.2 Å². The van der Waals surface area contributed by atoms with Crippen molar-refractivity contribution in [3.8, 4) is 28.5 Å². The summed E-state index contributed by atoms with van der Waals surface area (Å²) in [4.78, 5) is 75.4. The Hall–Kier alpha value is -6.80. The van der Waals surface area contributed by atoms with Gasteiger partial charge in [-0.3, -0.25) is 34.2 Å². The molecule has 2 aromatic heterocycles. The fraction of sp³-hybridized carbons (Fsp3) is 0.417. The number of benzene rings is 3. The zero-order chi connectivity index (χ0) is 46.7. The van der Waals surface area contributed by atoms with E-state index in [9.17, 15) is 24.0 Å². The summed E-state index contributed by atoms with van der Waals surface area (Å²) < 4.78 is 36.2. The molecule has 0 saturated carbocycles. The lowest BCUT2D eigenvalue weighted by Gasteiger charge is -2.34. The summed E-state index contributed by atoms with van der Waals surface area (Å²) in [5.74, 6) is -0.487.